The van der Waals surface area contributed by atoms with Crippen LogP contribution in [0.5, 0.6) is 5.75 Å². The molecule has 1 fully saturated rings. The lowest BCUT2D eigenvalue weighted by Crippen LogP contribution is -2.35. The van der Waals surface area contributed by atoms with Gasteiger partial charge in [-0.15, -0.1) is 0 Å². The van der Waals surface area contributed by atoms with Crippen LogP contribution in [0.15, 0.2) is 24.3 Å². The zero-order valence-corrected chi connectivity index (χ0v) is 11.6. The van der Waals surface area contributed by atoms with Crippen LogP contribution in [0.4, 0.5) is 0 Å². The third kappa shape index (κ3) is 5.37. The lowest BCUT2D eigenvalue weighted by molar-refractivity contribution is 0.0882. The number of halogens is 1. The molecule has 0 amide bonds. The van der Waals surface area contributed by atoms with Crippen molar-refractivity contribution in [2.75, 3.05) is 26.3 Å². The van der Waals surface area contributed by atoms with Crippen molar-refractivity contribution in [3.63, 3.8) is 0 Å². The normalized spacial score (nSPS) is 20.4. The Bertz CT molecular complexity index is 365. The van der Waals surface area contributed by atoms with E-state index in [1.54, 1.807) is 24.3 Å². The summed E-state index contributed by atoms with van der Waals surface area (Å²) in [4.78, 5) is 0. The van der Waals surface area contributed by atoms with Gasteiger partial charge < -0.3 is 19.9 Å². The molecule has 0 aromatic heterocycles. The predicted molar refractivity (Wildman–Crippen MR) is 74.8 cm³/mol. The molecule has 1 aliphatic heterocycles. The lowest BCUT2D eigenvalue weighted by Gasteiger charge is -2.15. The topological polar surface area (TPSA) is 50.7 Å². The van der Waals surface area contributed by atoms with Crippen LogP contribution < -0.4 is 10.1 Å². The molecular formula is C14H20ClNO3. The summed E-state index contributed by atoms with van der Waals surface area (Å²) in [5.41, 5.74) is 0. The highest BCUT2D eigenvalue weighted by Crippen LogP contribution is 2.15. The molecule has 0 aliphatic carbocycles. The highest BCUT2D eigenvalue weighted by atomic mass is 35.5. The molecule has 1 aromatic carbocycles. The van der Waals surface area contributed by atoms with Crippen molar-refractivity contribution in [3.8, 4) is 5.75 Å². The molecule has 1 aliphatic rings. The van der Waals surface area contributed by atoms with Crippen molar-refractivity contribution in [1.82, 2.24) is 5.32 Å². The smallest absolute Gasteiger partial charge is 0.119 e. The second-order valence-electron chi connectivity index (χ2n) is 4.71. The van der Waals surface area contributed by atoms with Gasteiger partial charge in [0.15, 0.2) is 0 Å². The fourth-order valence-corrected chi connectivity index (χ4v) is 2.12. The zero-order chi connectivity index (χ0) is 13.5. The Hall–Kier alpha value is -0.810. The average molecular weight is 286 g/mol. The van der Waals surface area contributed by atoms with Gasteiger partial charge in [0.05, 0.1) is 6.10 Å². The van der Waals surface area contributed by atoms with E-state index >= 15 is 0 Å². The van der Waals surface area contributed by atoms with Crippen molar-refractivity contribution >= 4 is 11.6 Å². The molecule has 106 valence electrons. The summed E-state index contributed by atoms with van der Waals surface area (Å²) >= 11 is 5.78. The van der Waals surface area contributed by atoms with E-state index in [9.17, 15) is 5.11 Å². The van der Waals surface area contributed by atoms with Crippen LogP contribution in [-0.4, -0.2) is 43.6 Å². The first-order valence-corrected chi connectivity index (χ1v) is 7.00. The molecule has 2 rings (SSSR count). The van der Waals surface area contributed by atoms with Crippen LogP contribution in [0, 0.1) is 0 Å². The fraction of sp³-hybridized carbons (Fsp3) is 0.571. The Morgan fingerprint density at radius 1 is 1.42 bits per heavy atom. The van der Waals surface area contributed by atoms with Gasteiger partial charge in [-0.25, -0.2) is 0 Å². The molecule has 4 nitrogen and oxygen atoms in total. The third-order valence-corrected chi connectivity index (χ3v) is 3.28. The second kappa shape index (κ2) is 7.70. The van der Waals surface area contributed by atoms with Gasteiger partial charge in [-0.3, -0.25) is 0 Å². The first-order chi connectivity index (χ1) is 9.24. The van der Waals surface area contributed by atoms with E-state index in [0.29, 0.717) is 23.4 Å². The van der Waals surface area contributed by atoms with Gasteiger partial charge >= 0.3 is 0 Å². The van der Waals surface area contributed by atoms with Crippen LogP contribution in [0.1, 0.15) is 12.8 Å². The zero-order valence-electron chi connectivity index (χ0n) is 10.8. The van der Waals surface area contributed by atoms with Crippen molar-refractivity contribution in [3.05, 3.63) is 29.3 Å². The molecule has 0 saturated carbocycles. The molecule has 2 atom stereocenters. The molecule has 19 heavy (non-hydrogen) atoms. The Morgan fingerprint density at radius 2 is 2.21 bits per heavy atom. The van der Waals surface area contributed by atoms with E-state index in [0.717, 1.165) is 26.0 Å². The van der Waals surface area contributed by atoms with E-state index in [-0.39, 0.29) is 6.61 Å². The van der Waals surface area contributed by atoms with Gasteiger partial charge in [-0.2, -0.15) is 0 Å². The number of aliphatic hydroxyl groups is 1. The predicted octanol–water partition coefficient (Wildman–Crippen LogP) is 1.85. The number of aliphatic hydroxyl groups excluding tert-OH is 1. The third-order valence-electron chi connectivity index (χ3n) is 3.03. The highest BCUT2D eigenvalue weighted by Gasteiger charge is 2.15. The van der Waals surface area contributed by atoms with Gasteiger partial charge in [-0.05, 0) is 37.1 Å². The molecular weight excluding hydrogens is 266 g/mol. The monoisotopic (exact) mass is 285 g/mol. The largest absolute Gasteiger partial charge is 0.491 e. The Labute approximate surface area is 118 Å². The van der Waals surface area contributed by atoms with Gasteiger partial charge in [0.2, 0.25) is 0 Å². The van der Waals surface area contributed by atoms with Crippen LogP contribution >= 0.6 is 11.6 Å². The molecule has 2 unspecified atom stereocenters. The Balaban J connectivity index is 1.58. The van der Waals surface area contributed by atoms with Crippen LogP contribution in [0.3, 0.4) is 0 Å². The maximum absolute atomic E-state index is 9.78. The maximum atomic E-state index is 9.78. The summed E-state index contributed by atoms with van der Waals surface area (Å²) in [6.07, 6.45) is 2.00. The summed E-state index contributed by atoms with van der Waals surface area (Å²) in [6, 6.07) is 7.10. The van der Waals surface area contributed by atoms with E-state index in [2.05, 4.69) is 5.32 Å². The fourth-order valence-electron chi connectivity index (χ4n) is 2.00. The molecule has 2 N–H and O–H groups in total. The minimum atomic E-state index is -0.530. The van der Waals surface area contributed by atoms with Gasteiger partial charge in [0.1, 0.15) is 18.5 Å². The summed E-state index contributed by atoms with van der Waals surface area (Å²) in [5.74, 6) is 0.711. The molecule has 1 heterocycles. The van der Waals surface area contributed by atoms with Crippen molar-refractivity contribution in [2.45, 2.75) is 25.0 Å². The minimum absolute atomic E-state index is 0.264. The van der Waals surface area contributed by atoms with Crippen molar-refractivity contribution in [1.29, 1.82) is 0 Å². The molecule has 0 bridgehead atoms. The van der Waals surface area contributed by atoms with Crippen LogP contribution in [0.2, 0.25) is 5.02 Å². The van der Waals surface area contributed by atoms with E-state index in [1.165, 1.54) is 0 Å². The standard InChI is InChI=1S/C14H20ClNO3/c15-11-3-5-13(6-4-11)19-10-12(17)8-16-9-14-2-1-7-18-14/h3-6,12,14,16-17H,1-2,7-10H2. The number of ether oxygens (including phenoxy) is 2. The van der Waals surface area contributed by atoms with Crippen molar-refractivity contribution in [2.24, 2.45) is 0 Å². The van der Waals surface area contributed by atoms with Crippen molar-refractivity contribution < 1.29 is 14.6 Å². The van der Waals surface area contributed by atoms with Gasteiger partial charge in [0.25, 0.3) is 0 Å². The average Bonchev–Trinajstić information content (AvgIpc) is 2.91. The molecule has 1 aromatic rings. The van der Waals surface area contributed by atoms with E-state index in [1.807, 2.05) is 0 Å². The van der Waals surface area contributed by atoms with E-state index < -0.39 is 6.10 Å². The SMILES string of the molecule is OC(CNCC1CCCO1)COc1ccc(Cl)cc1. The minimum Gasteiger partial charge on any atom is -0.491 e. The molecule has 0 spiro atoms. The summed E-state index contributed by atoms with van der Waals surface area (Å²) < 4.78 is 11.0. The molecule has 1 saturated heterocycles. The second-order valence-corrected chi connectivity index (χ2v) is 5.15. The summed E-state index contributed by atoms with van der Waals surface area (Å²) in [5, 5.41) is 13.7. The van der Waals surface area contributed by atoms with Gasteiger partial charge in [0, 0.05) is 24.7 Å². The number of hydrogen-bond donors (Lipinski definition) is 2. The first-order valence-electron chi connectivity index (χ1n) is 6.63. The Morgan fingerprint density at radius 3 is 2.89 bits per heavy atom. The van der Waals surface area contributed by atoms with Crippen LogP contribution in [-0.2, 0) is 4.74 Å². The summed E-state index contributed by atoms with van der Waals surface area (Å²) in [7, 11) is 0. The van der Waals surface area contributed by atoms with Crippen LogP contribution in [0.25, 0.3) is 0 Å². The quantitative estimate of drug-likeness (QED) is 0.803. The number of nitrogens with one attached hydrogen (secondary N) is 1. The number of benzene rings is 1. The first kappa shape index (κ1) is 14.6. The number of hydrogen-bond acceptors (Lipinski definition) is 4. The molecule has 5 heteroatoms. The lowest BCUT2D eigenvalue weighted by atomic mass is 10.2. The maximum Gasteiger partial charge on any atom is 0.119 e. The van der Waals surface area contributed by atoms with E-state index in [4.69, 9.17) is 21.1 Å². The Kier molecular flexibility index (Phi) is 5.92. The highest BCUT2D eigenvalue weighted by molar-refractivity contribution is 6.30. The van der Waals surface area contributed by atoms with Gasteiger partial charge in [-0.1, -0.05) is 11.6 Å². The summed E-state index contributed by atoms with van der Waals surface area (Å²) in [6.45, 7) is 2.42. The number of rotatable bonds is 7. The molecule has 0 radical (unpaired) electrons.